The Morgan fingerprint density at radius 3 is 3.05 bits per heavy atom. The van der Waals surface area contributed by atoms with Crippen molar-refractivity contribution in [2.24, 2.45) is 0 Å². The second kappa shape index (κ2) is 4.52. The molecule has 1 aromatic carbocycles. The normalized spacial score (nSPS) is 12.6. The van der Waals surface area contributed by atoms with E-state index in [0.29, 0.717) is 22.9 Å². The van der Waals surface area contributed by atoms with Gasteiger partial charge in [0.15, 0.2) is 11.5 Å². The van der Waals surface area contributed by atoms with E-state index in [9.17, 15) is 4.79 Å². The Kier molecular flexibility index (Phi) is 2.53. The molecule has 1 N–H and O–H groups in total. The van der Waals surface area contributed by atoms with Gasteiger partial charge in [-0.3, -0.25) is 9.20 Å². The number of hydrogen-bond acceptors (Lipinski definition) is 4. The van der Waals surface area contributed by atoms with Crippen molar-refractivity contribution < 1.29 is 14.3 Å². The predicted molar refractivity (Wildman–Crippen MR) is 75.7 cm³/mol. The molecule has 4 rings (SSSR count). The predicted octanol–water partition coefficient (Wildman–Crippen LogP) is 2.32. The Balaban J connectivity index is 1.65. The van der Waals surface area contributed by atoms with Gasteiger partial charge in [-0.05, 0) is 24.3 Å². The SMILES string of the molecule is O=C(Nc1ccc2c(c1)OCO2)c1cccc2nccn12. The van der Waals surface area contributed by atoms with Crippen LogP contribution in [0.15, 0.2) is 48.8 Å². The third-order valence-electron chi connectivity index (χ3n) is 3.29. The van der Waals surface area contributed by atoms with Gasteiger partial charge in [-0.1, -0.05) is 6.07 Å². The lowest BCUT2D eigenvalue weighted by Gasteiger charge is -2.08. The van der Waals surface area contributed by atoms with E-state index < -0.39 is 0 Å². The van der Waals surface area contributed by atoms with Gasteiger partial charge in [-0.25, -0.2) is 4.98 Å². The van der Waals surface area contributed by atoms with E-state index in [0.717, 1.165) is 5.65 Å². The number of benzene rings is 1. The van der Waals surface area contributed by atoms with Crippen LogP contribution in [0, 0.1) is 0 Å². The number of imidazole rings is 1. The fourth-order valence-electron chi connectivity index (χ4n) is 2.30. The third kappa shape index (κ3) is 1.97. The molecule has 1 aliphatic rings. The minimum absolute atomic E-state index is 0.209. The number of rotatable bonds is 2. The molecule has 0 aliphatic carbocycles. The molecule has 3 heterocycles. The summed E-state index contributed by atoms with van der Waals surface area (Å²) in [5.41, 5.74) is 1.90. The Morgan fingerprint density at radius 2 is 2.10 bits per heavy atom. The molecule has 2 aromatic heterocycles. The van der Waals surface area contributed by atoms with Crippen LogP contribution in [0.2, 0.25) is 0 Å². The second-order valence-corrected chi connectivity index (χ2v) is 4.59. The largest absolute Gasteiger partial charge is 0.454 e. The summed E-state index contributed by atoms with van der Waals surface area (Å²) in [6.45, 7) is 0.209. The van der Waals surface area contributed by atoms with E-state index in [4.69, 9.17) is 9.47 Å². The molecule has 0 saturated carbocycles. The highest BCUT2D eigenvalue weighted by molar-refractivity contribution is 6.03. The van der Waals surface area contributed by atoms with Gasteiger partial charge >= 0.3 is 0 Å². The zero-order valence-electron chi connectivity index (χ0n) is 10.9. The number of hydrogen-bond donors (Lipinski definition) is 1. The van der Waals surface area contributed by atoms with E-state index in [1.165, 1.54) is 0 Å². The summed E-state index contributed by atoms with van der Waals surface area (Å²) in [6, 6.07) is 10.7. The van der Waals surface area contributed by atoms with Crippen molar-refractivity contribution in [1.82, 2.24) is 9.38 Å². The second-order valence-electron chi connectivity index (χ2n) is 4.59. The van der Waals surface area contributed by atoms with Crippen molar-refractivity contribution in [1.29, 1.82) is 0 Å². The lowest BCUT2D eigenvalue weighted by atomic mass is 10.2. The molecule has 1 aliphatic heterocycles. The minimum Gasteiger partial charge on any atom is -0.454 e. The Labute approximate surface area is 119 Å². The number of carbonyl (C=O) groups is 1. The molecule has 0 spiro atoms. The molecule has 1 amide bonds. The van der Waals surface area contributed by atoms with Crippen LogP contribution in [0.25, 0.3) is 5.65 Å². The molecule has 104 valence electrons. The van der Waals surface area contributed by atoms with E-state index in [-0.39, 0.29) is 12.7 Å². The van der Waals surface area contributed by atoms with Crippen molar-refractivity contribution in [3.05, 3.63) is 54.5 Å². The first-order valence-corrected chi connectivity index (χ1v) is 6.44. The number of nitrogens with one attached hydrogen (secondary N) is 1. The standard InChI is InChI=1S/C15H11N3O3/c19-15(11-2-1-3-14-16-6-7-18(11)14)17-10-4-5-12-13(8-10)21-9-20-12/h1-8H,9H2,(H,17,19). The highest BCUT2D eigenvalue weighted by atomic mass is 16.7. The molecule has 0 bridgehead atoms. The Morgan fingerprint density at radius 1 is 1.19 bits per heavy atom. The summed E-state index contributed by atoms with van der Waals surface area (Å²) < 4.78 is 12.3. The maximum Gasteiger partial charge on any atom is 0.272 e. The lowest BCUT2D eigenvalue weighted by molar-refractivity contribution is 0.102. The number of nitrogens with zero attached hydrogens (tertiary/aromatic N) is 2. The highest BCUT2D eigenvalue weighted by Crippen LogP contribution is 2.34. The fourth-order valence-corrected chi connectivity index (χ4v) is 2.30. The number of anilines is 1. The first-order valence-electron chi connectivity index (χ1n) is 6.44. The van der Waals surface area contributed by atoms with Crippen LogP contribution in [0.1, 0.15) is 10.5 Å². The van der Waals surface area contributed by atoms with Crippen LogP contribution in [0.3, 0.4) is 0 Å². The van der Waals surface area contributed by atoms with Crippen LogP contribution in [0.4, 0.5) is 5.69 Å². The molecular formula is C15H11N3O3. The molecule has 0 atom stereocenters. The minimum atomic E-state index is -0.211. The molecule has 0 fully saturated rings. The average Bonchev–Trinajstić information content (AvgIpc) is 3.14. The molecule has 6 heteroatoms. The van der Waals surface area contributed by atoms with Gasteiger partial charge < -0.3 is 14.8 Å². The van der Waals surface area contributed by atoms with Crippen molar-refractivity contribution in [2.75, 3.05) is 12.1 Å². The average molecular weight is 281 g/mol. The van der Waals surface area contributed by atoms with Gasteiger partial charge in [-0.2, -0.15) is 0 Å². The van der Waals surface area contributed by atoms with E-state index in [1.54, 1.807) is 47.1 Å². The van der Waals surface area contributed by atoms with Crippen molar-refractivity contribution in [3.63, 3.8) is 0 Å². The molecular weight excluding hydrogens is 270 g/mol. The maximum atomic E-state index is 12.4. The molecule has 0 unspecified atom stereocenters. The quantitative estimate of drug-likeness (QED) is 0.783. The monoisotopic (exact) mass is 281 g/mol. The van der Waals surface area contributed by atoms with Gasteiger partial charge in [0.2, 0.25) is 6.79 Å². The highest BCUT2D eigenvalue weighted by Gasteiger charge is 2.15. The first kappa shape index (κ1) is 11.8. The van der Waals surface area contributed by atoms with Gasteiger partial charge in [0, 0.05) is 24.1 Å². The molecule has 6 nitrogen and oxygen atoms in total. The van der Waals surface area contributed by atoms with Gasteiger partial charge in [0.05, 0.1) is 0 Å². The van der Waals surface area contributed by atoms with Gasteiger partial charge in [-0.15, -0.1) is 0 Å². The number of aromatic nitrogens is 2. The third-order valence-corrected chi connectivity index (χ3v) is 3.29. The zero-order valence-corrected chi connectivity index (χ0v) is 10.9. The van der Waals surface area contributed by atoms with Crippen LogP contribution in [-0.4, -0.2) is 22.1 Å². The number of ether oxygens (including phenoxy) is 2. The summed E-state index contributed by atoms with van der Waals surface area (Å²) in [7, 11) is 0. The first-order chi connectivity index (χ1) is 10.3. The fraction of sp³-hybridized carbons (Fsp3) is 0.0667. The van der Waals surface area contributed by atoms with E-state index in [1.807, 2.05) is 6.07 Å². The van der Waals surface area contributed by atoms with Crippen molar-refractivity contribution >= 4 is 17.2 Å². The van der Waals surface area contributed by atoms with Crippen molar-refractivity contribution in [3.8, 4) is 11.5 Å². The summed E-state index contributed by atoms with van der Waals surface area (Å²) in [5, 5.41) is 2.85. The number of pyridine rings is 1. The summed E-state index contributed by atoms with van der Waals surface area (Å²) in [4.78, 5) is 16.6. The van der Waals surface area contributed by atoms with Gasteiger partial charge in [0.1, 0.15) is 11.3 Å². The lowest BCUT2D eigenvalue weighted by Crippen LogP contribution is -2.15. The number of fused-ring (bicyclic) bond motifs is 2. The molecule has 3 aromatic rings. The molecule has 21 heavy (non-hydrogen) atoms. The topological polar surface area (TPSA) is 64.9 Å². The summed E-state index contributed by atoms with van der Waals surface area (Å²) in [5.74, 6) is 1.11. The Bertz CT molecular complexity index is 841. The van der Waals surface area contributed by atoms with Crippen LogP contribution in [0.5, 0.6) is 11.5 Å². The van der Waals surface area contributed by atoms with Crippen LogP contribution < -0.4 is 14.8 Å². The Hall–Kier alpha value is -3.02. The molecule has 0 radical (unpaired) electrons. The van der Waals surface area contributed by atoms with Gasteiger partial charge in [0.25, 0.3) is 5.91 Å². The van der Waals surface area contributed by atoms with E-state index >= 15 is 0 Å². The number of carbonyl (C=O) groups excluding carboxylic acids is 1. The maximum absolute atomic E-state index is 12.4. The molecule has 0 saturated heterocycles. The number of amides is 1. The zero-order chi connectivity index (χ0) is 14.2. The van der Waals surface area contributed by atoms with Crippen LogP contribution in [-0.2, 0) is 0 Å². The van der Waals surface area contributed by atoms with E-state index in [2.05, 4.69) is 10.3 Å². The summed E-state index contributed by atoms with van der Waals surface area (Å²) >= 11 is 0. The smallest absolute Gasteiger partial charge is 0.272 e. The summed E-state index contributed by atoms with van der Waals surface area (Å²) in [6.07, 6.45) is 3.41. The van der Waals surface area contributed by atoms with Crippen LogP contribution >= 0.6 is 0 Å². The van der Waals surface area contributed by atoms with Crippen molar-refractivity contribution in [2.45, 2.75) is 0 Å².